The summed E-state index contributed by atoms with van der Waals surface area (Å²) in [6.07, 6.45) is 1.46. The van der Waals surface area contributed by atoms with Crippen molar-refractivity contribution in [1.29, 1.82) is 0 Å². The normalized spacial score (nSPS) is 12.2. The Bertz CT molecular complexity index is 325. The molecule has 1 aromatic carbocycles. The molecule has 88 valence electrons. The van der Waals surface area contributed by atoms with Crippen molar-refractivity contribution < 1.29 is 9.84 Å². The van der Waals surface area contributed by atoms with Gasteiger partial charge in [-0.1, -0.05) is 18.7 Å². The Hall–Kier alpha value is -1.28. The molecule has 0 bridgehead atoms. The Labute approximate surface area is 97.6 Å². The Morgan fingerprint density at radius 3 is 2.50 bits per heavy atom. The highest BCUT2D eigenvalue weighted by Gasteiger charge is 1.99. The minimum Gasteiger partial charge on any atom is -0.489 e. The van der Waals surface area contributed by atoms with Crippen molar-refractivity contribution in [2.24, 2.45) is 0 Å². The highest BCUT2D eigenvalue weighted by atomic mass is 16.5. The van der Waals surface area contributed by atoms with Crippen molar-refractivity contribution in [3.8, 4) is 5.75 Å². The maximum absolute atomic E-state index is 9.18. The summed E-state index contributed by atoms with van der Waals surface area (Å²) in [7, 11) is 0. The molecule has 0 saturated carbocycles. The van der Waals surface area contributed by atoms with E-state index in [4.69, 9.17) is 4.74 Å². The van der Waals surface area contributed by atoms with Crippen molar-refractivity contribution in [2.45, 2.75) is 32.8 Å². The van der Waals surface area contributed by atoms with Gasteiger partial charge in [0.25, 0.3) is 0 Å². The largest absolute Gasteiger partial charge is 0.489 e. The van der Waals surface area contributed by atoms with Crippen molar-refractivity contribution in [1.82, 2.24) is 0 Å². The number of aryl methyl sites for hydroxylation is 1. The van der Waals surface area contributed by atoms with Gasteiger partial charge in [0.1, 0.15) is 12.4 Å². The maximum Gasteiger partial charge on any atom is 0.119 e. The molecule has 16 heavy (non-hydrogen) atoms. The van der Waals surface area contributed by atoms with Gasteiger partial charge in [0.05, 0.1) is 6.10 Å². The molecule has 1 N–H and O–H groups in total. The van der Waals surface area contributed by atoms with Crippen LogP contribution in [-0.2, 0) is 6.42 Å². The van der Waals surface area contributed by atoms with E-state index in [1.165, 1.54) is 5.56 Å². The van der Waals surface area contributed by atoms with Crippen LogP contribution in [0, 0.1) is 0 Å². The van der Waals surface area contributed by atoms with E-state index < -0.39 is 0 Å². The first-order valence-electron chi connectivity index (χ1n) is 5.62. The zero-order chi connectivity index (χ0) is 12.0. The quantitative estimate of drug-likeness (QED) is 0.747. The molecule has 0 amide bonds. The third-order valence-corrected chi connectivity index (χ3v) is 2.26. The summed E-state index contributed by atoms with van der Waals surface area (Å²) in [5, 5.41) is 9.18. The van der Waals surface area contributed by atoms with Crippen LogP contribution in [0.4, 0.5) is 0 Å². The molecular weight excluding hydrogens is 200 g/mol. The average Bonchev–Trinajstić information content (AvgIpc) is 2.25. The van der Waals surface area contributed by atoms with E-state index in [-0.39, 0.29) is 6.10 Å². The Morgan fingerprint density at radius 1 is 1.38 bits per heavy atom. The lowest BCUT2D eigenvalue weighted by molar-refractivity contribution is 0.185. The van der Waals surface area contributed by atoms with Crippen LogP contribution in [0.3, 0.4) is 0 Å². The Balaban J connectivity index is 2.44. The zero-order valence-corrected chi connectivity index (χ0v) is 10.1. The van der Waals surface area contributed by atoms with E-state index in [0.29, 0.717) is 6.61 Å². The maximum atomic E-state index is 9.18. The van der Waals surface area contributed by atoms with Gasteiger partial charge in [-0.2, -0.15) is 0 Å². The first kappa shape index (κ1) is 12.8. The fourth-order valence-corrected chi connectivity index (χ4v) is 1.33. The van der Waals surface area contributed by atoms with Gasteiger partial charge in [-0.15, -0.1) is 0 Å². The third-order valence-electron chi connectivity index (χ3n) is 2.26. The van der Waals surface area contributed by atoms with E-state index in [2.05, 4.69) is 6.58 Å². The highest BCUT2D eigenvalue weighted by molar-refractivity contribution is 5.27. The molecule has 1 rings (SSSR count). The molecule has 0 aliphatic carbocycles. The lowest BCUT2D eigenvalue weighted by Gasteiger charge is -2.07. The predicted octanol–water partition coefficient (Wildman–Crippen LogP) is 2.95. The first-order valence-corrected chi connectivity index (χ1v) is 5.62. The molecule has 0 aliphatic heterocycles. The molecule has 0 aromatic heterocycles. The second-order valence-electron chi connectivity index (χ2n) is 4.28. The van der Waals surface area contributed by atoms with E-state index in [0.717, 1.165) is 24.2 Å². The molecule has 2 nitrogen and oxygen atoms in total. The summed E-state index contributed by atoms with van der Waals surface area (Å²) in [6.45, 7) is 8.10. The van der Waals surface area contributed by atoms with E-state index in [1.807, 2.05) is 38.1 Å². The summed E-state index contributed by atoms with van der Waals surface area (Å²) >= 11 is 0. The van der Waals surface area contributed by atoms with Crippen LogP contribution in [0.2, 0.25) is 0 Å². The van der Waals surface area contributed by atoms with Gasteiger partial charge >= 0.3 is 0 Å². The summed E-state index contributed by atoms with van der Waals surface area (Å²) in [4.78, 5) is 0. The lowest BCUT2D eigenvalue weighted by Crippen LogP contribution is -2.01. The van der Waals surface area contributed by atoms with Crippen LogP contribution in [0.15, 0.2) is 36.4 Å². The molecule has 1 aromatic rings. The van der Waals surface area contributed by atoms with Crippen LogP contribution < -0.4 is 4.74 Å². The molecule has 0 heterocycles. The van der Waals surface area contributed by atoms with Gasteiger partial charge in [0.15, 0.2) is 0 Å². The van der Waals surface area contributed by atoms with Gasteiger partial charge in [-0.25, -0.2) is 0 Å². The van der Waals surface area contributed by atoms with Crippen molar-refractivity contribution in [3.05, 3.63) is 42.0 Å². The number of ether oxygens (including phenoxy) is 1. The van der Waals surface area contributed by atoms with Crippen molar-refractivity contribution in [2.75, 3.05) is 6.61 Å². The molecule has 0 aliphatic rings. The lowest BCUT2D eigenvalue weighted by atomic mass is 10.1. The smallest absolute Gasteiger partial charge is 0.119 e. The number of rotatable bonds is 6. The standard InChI is InChI=1S/C14H20O2/c1-11(2)10-16-14-8-6-13(7-9-14)5-4-12(3)15/h6-9,12,15H,1,4-5,10H2,2-3H3. The molecule has 0 radical (unpaired) electrons. The Kier molecular flexibility index (Phi) is 5.06. The van der Waals surface area contributed by atoms with Crippen molar-refractivity contribution >= 4 is 0 Å². The number of hydrogen-bond acceptors (Lipinski definition) is 2. The summed E-state index contributed by atoms with van der Waals surface area (Å²) in [5.74, 6) is 0.865. The van der Waals surface area contributed by atoms with E-state index >= 15 is 0 Å². The zero-order valence-electron chi connectivity index (χ0n) is 10.1. The van der Waals surface area contributed by atoms with Gasteiger partial charge < -0.3 is 9.84 Å². The number of aliphatic hydroxyl groups excluding tert-OH is 1. The first-order chi connectivity index (χ1) is 7.58. The third kappa shape index (κ3) is 4.99. The van der Waals surface area contributed by atoms with Crippen LogP contribution >= 0.6 is 0 Å². The van der Waals surface area contributed by atoms with E-state index in [9.17, 15) is 5.11 Å². The van der Waals surface area contributed by atoms with Crippen LogP contribution in [0.25, 0.3) is 0 Å². The second kappa shape index (κ2) is 6.33. The molecule has 0 fully saturated rings. The van der Waals surface area contributed by atoms with Crippen LogP contribution in [0.1, 0.15) is 25.8 Å². The number of benzene rings is 1. The van der Waals surface area contributed by atoms with Gasteiger partial charge in [-0.3, -0.25) is 0 Å². The van der Waals surface area contributed by atoms with E-state index in [1.54, 1.807) is 0 Å². The van der Waals surface area contributed by atoms with Crippen LogP contribution in [-0.4, -0.2) is 17.8 Å². The van der Waals surface area contributed by atoms with Gasteiger partial charge in [0, 0.05) is 0 Å². The predicted molar refractivity (Wildman–Crippen MR) is 66.8 cm³/mol. The molecule has 1 atom stereocenters. The fourth-order valence-electron chi connectivity index (χ4n) is 1.33. The van der Waals surface area contributed by atoms with Gasteiger partial charge in [0.2, 0.25) is 0 Å². The average molecular weight is 220 g/mol. The second-order valence-corrected chi connectivity index (χ2v) is 4.28. The summed E-state index contributed by atoms with van der Waals surface area (Å²) in [6, 6.07) is 7.99. The van der Waals surface area contributed by atoms with Crippen molar-refractivity contribution in [3.63, 3.8) is 0 Å². The number of aliphatic hydroxyl groups is 1. The topological polar surface area (TPSA) is 29.5 Å². The molecule has 1 unspecified atom stereocenters. The highest BCUT2D eigenvalue weighted by Crippen LogP contribution is 2.14. The molecule has 0 saturated heterocycles. The minimum absolute atomic E-state index is 0.237. The number of hydrogen-bond donors (Lipinski definition) is 1. The summed E-state index contributed by atoms with van der Waals surface area (Å²) in [5.41, 5.74) is 2.24. The molecule has 0 spiro atoms. The molecular formula is C14H20O2. The minimum atomic E-state index is -0.237. The fraction of sp³-hybridized carbons (Fsp3) is 0.429. The Morgan fingerprint density at radius 2 is 2.00 bits per heavy atom. The SMILES string of the molecule is C=C(C)COc1ccc(CCC(C)O)cc1. The monoisotopic (exact) mass is 220 g/mol. The van der Waals surface area contributed by atoms with Crippen LogP contribution in [0.5, 0.6) is 5.75 Å². The summed E-state index contributed by atoms with van der Waals surface area (Å²) < 4.78 is 5.50. The molecule has 2 heteroatoms. The van der Waals surface area contributed by atoms with Gasteiger partial charge in [-0.05, 0) is 50.0 Å².